The lowest BCUT2D eigenvalue weighted by Gasteiger charge is -2.36. The Kier molecular flexibility index (Phi) is 3.99. The van der Waals surface area contributed by atoms with Crippen molar-refractivity contribution in [2.45, 2.75) is 44.6 Å². The number of H-pyrrole nitrogens is 1. The molecular formula is C14H20ClN5O. The average molecular weight is 310 g/mol. The number of fused-ring (bicyclic) bond motifs is 1. The van der Waals surface area contributed by atoms with Crippen molar-refractivity contribution in [3.05, 3.63) is 11.5 Å². The Morgan fingerprint density at radius 2 is 2.19 bits per heavy atom. The van der Waals surface area contributed by atoms with Gasteiger partial charge in [-0.3, -0.25) is 5.10 Å². The molecule has 0 aromatic carbocycles. The molecule has 7 heteroatoms. The molecule has 3 rings (SSSR count). The first-order chi connectivity index (χ1) is 10.1. The second-order valence-electron chi connectivity index (χ2n) is 5.90. The van der Waals surface area contributed by atoms with Gasteiger partial charge in [0.1, 0.15) is 5.82 Å². The molecule has 0 amide bonds. The number of aromatic nitrogens is 4. The van der Waals surface area contributed by atoms with E-state index in [0.29, 0.717) is 18.0 Å². The second-order valence-corrected chi connectivity index (χ2v) is 6.24. The number of aromatic amines is 1. The van der Waals surface area contributed by atoms with Crippen molar-refractivity contribution in [1.82, 2.24) is 20.2 Å². The number of rotatable bonds is 4. The molecule has 2 aromatic rings. The summed E-state index contributed by atoms with van der Waals surface area (Å²) in [4.78, 5) is 8.26. The van der Waals surface area contributed by atoms with Gasteiger partial charge in [0.15, 0.2) is 5.65 Å². The molecule has 6 nitrogen and oxygen atoms in total. The maximum absolute atomic E-state index is 10.7. The van der Waals surface area contributed by atoms with Crippen molar-refractivity contribution in [2.75, 3.05) is 11.9 Å². The van der Waals surface area contributed by atoms with Crippen LogP contribution in [0.3, 0.4) is 0 Å². The van der Waals surface area contributed by atoms with Gasteiger partial charge in [-0.15, -0.1) is 0 Å². The molecule has 114 valence electrons. The number of hydrogen-bond donors (Lipinski definition) is 3. The van der Waals surface area contributed by atoms with Crippen LogP contribution in [-0.2, 0) is 0 Å². The molecule has 3 N–H and O–H groups in total. The highest BCUT2D eigenvalue weighted by Gasteiger charge is 2.32. The van der Waals surface area contributed by atoms with Crippen molar-refractivity contribution < 1.29 is 5.11 Å². The summed E-state index contributed by atoms with van der Waals surface area (Å²) in [6.07, 6.45) is 6.67. The van der Waals surface area contributed by atoms with Crippen molar-refractivity contribution >= 4 is 28.5 Å². The number of anilines is 1. The van der Waals surface area contributed by atoms with E-state index in [1.165, 1.54) is 6.42 Å². The van der Waals surface area contributed by atoms with E-state index in [4.69, 9.17) is 11.6 Å². The highest BCUT2D eigenvalue weighted by molar-refractivity contribution is 6.28. The third-order valence-electron chi connectivity index (χ3n) is 4.48. The average Bonchev–Trinajstić information content (AvgIpc) is 2.94. The van der Waals surface area contributed by atoms with E-state index in [2.05, 4.69) is 32.4 Å². The van der Waals surface area contributed by atoms with Crippen LogP contribution in [0.2, 0.25) is 5.28 Å². The molecule has 0 radical (unpaired) electrons. The Labute approximate surface area is 128 Å². The predicted molar refractivity (Wildman–Crippen MR) is 82.4 cm³/mol. The first kappa shape index (κ1) is 14.5. The van der Waals surface area contributed by atoms with E-state index in [9.17, 15) is 5.11 Å². The molecule has 21 heavy (non-hydrogen) atoms. The van der Waals surface area contributed by atoms with Crippen LogP contribution >= 0.6 is 11.6 Å². The van der Waals surface area contributed by atoms with Crippen molar-refractivity contribution in [2.24, 2.45) is 5.92 Å². The quantitative estimate of drug-likeness (QED) is 0.756. The molecular weight excluding hydrogens is 290 g/mol. The van der Waals surface area contributed by atoms with Gasteiger partial charge in [-0.1, -0.05) is 13.3 Å². The monoisotopic (exact) mass is 309 g/mol. The molecule has 0 unspecified atom stereocenters. The van der Waals surface area contributed by atoms with Crippen LogP contribution in [0.25, 0.3) is 11.0 Å². The normalized spacial score (nSPS) is 26.1. The molecule has 1 saturated carbocycles. The van der Waals surface area contributed by atoms with Gasteiger partial charge in [0.05, 0.1) is 17.2 Å². The van der Waals surface area contributed by atoms with Crippen LogP contribution in [0.5, 0.6) is 0 Å². The molecule has 0 aliphatic heterocycles. The maximum atomic E-state index is 10.7. The number of hydrogen-bond acceptors (Lipinski definition) is 5. The Balaban J connectivity index is 1.70. The minimum atomic E-state index is -0.668. The van der Waals surface area contributed by atoms with E-state index in [1.54, 1.807) is 6.20 Å². The fourth-order valence-corrected chi connectivity index (χ4v) is 3.16. The van der Waals surface area contributed by atoms with Crippen molar-refractivity contribution in [1.29, 1.82) is 0 Å². The lowest BCUT2D eigenvalue weighted by Crippen LogP contribution is -2.40. The summed E-state index contributed by atoms with van der Waals surface area (Å²) < 4.78 is 0. The molecule has 0 bridgehead atoms. The standard InChI is InChI=1S/C14H20ClN5O/c1-2-9-3-5-14(21,6-4-9)8-16-11-10-7-17-20-12(10)19-13(15)18-11/h7,9,21H,2-6,8H2,1H3,(H2,16,17,18,19,20). The topological polar surface area (TPSA) is 86.7 Å². The summed E-state index contributed by atoms with van der Waals surface area (Å²) in [6.45, 7) is 2.68. The van der Waals surface area contributed by atoms with Gasteiger partial charge in [0, 0.05) is 6.54 Å². The Bertz CT molecular complexity index is 621. The van der Waals surface area contributed by atoms with Gasteiger partial charge < -0.3 is 10.4 Å². The fraction of sp³-hybridized carbons (Fsp3) is 0.643. The number of nitrogens with one attached hydrogen (secondary N) is 2. The smallest absolute Gasteiger partial charge is 0.226 e. The molecule has 1 aliphatic carbocycles. The summed E-state index contributed by atoms with van der Waals surface area (Å²) in [6, 6.07) is 0. The summed E-state index contributed by atoms with van der Waals surface area (Å²) in [7, 11) is 0. The van der Waals surface area contributed by atoms with Crippen LogP contribution in [0.4, 0.5) is 5.82 Å². The highest BCUT2D eigenvalue weighted by atomic mass is 35.5. The van der Waals surface area contributed by atoms with Crippen molar-refractivity contribution in [3.63, 3.8) is 0 Å². The fourth-order valence-electron chi connectivity index (χ4n) is 2.99. The van der Waals surface area contributed by atoms with E-state index in [0.717, 1.165) is 37.0 Å². The molecule has 0 atom stereocenters. The Hall–Kier alpha value is -1.40. The molecule has 2 heterocycles. The SMILES string of the molecule is CCC1CCC(O)(CNc2nc(Cl)nc3[nH]ncc23)CC1. The lowest BCUT2D eigenvalue weighted by molar-refractivity contribution is 0.00225. The van der Waals surface area contributed by atoms with Gasteiger partial charge in [-0.25, -0.2) is 0 Å². The third-order valence-corrected chi connectivity index (χ3v) is 4.65. The lowest BCUT2D eigenvalue weighted by atomic mass is 9.78. The summed E-state index contributed by atoms with van der Waals surface area (Å²) >= 11 is 5.90. The van der Waals surface area contributed by atoms with Gasteiger partial charge in [0.25, 0.3) is 0 Å². The van der Waals surface area contributed by atoms with Gasteiger partial charge >= 0.3 is 0 Å². The zero-order valence-corrected chi connectivity index (χ0v) is 12.8. The Morgan fingerprint density at radius 3 is 2.90 bits per heavy atom. The summed E-state index contributed by atoms with van der Waals surface area (Å²) in [5.41, 5.74) is -0.0710. The van der Waals surface area contributed by atoms with E-state index in [1.807, 2.05) is 0 Å². The summed E-state index contributed by atoms with van der Waals surface area (Å²) in [5.74, 6) is 1.36. The molecule has 1 fully saturated rings. The molecule has 0 spiro atoms. The molecule has 0 saturated heterocycles. The minimum Gasteiger partial charge on any atom is -0.388 e. The Morgan fingerprint density at radius 1 is 1.43 bits per heavy atom. The number of nitrogens with zero attached hydrogens (tertiary/aromatic N) is 3. The molecule has 1 aliphatic rings. The van der Waals surface area contributed by atoms with Gasteiger partial charge in [-0.2, -0.15) is 15.1 Å². The zero-order chi connectivity index (χ0) is 14.9. The molecule has 2 aromatic heterocycles. The van der Waals surface area contributed by atoms with E-state index in [-0.39, 0.29) is 5.28 Å². The summed E-state index contributed by atoms with van der Waals surface area (Å²) in [5, 5.41) is 21.6. The first-order valence-electron chi connectivity index (χ1n) is 7.42. The number of halogens is 1. The van der Waals surface area contributed by atoms with Crippen LogP contribution in [0.1, 0.15) is 39.0 Å². The van der Waals surface area contributed by atoms with Crippen LogP contribution < -0.4 is 5.32 Å². The van der Waals surface area contributed by atoms with Gasteiger partial charge in [-0.05, 0) is 43.2 Å². The van der Waals surface area contributed by atoms with E-state index < -0.39 is 5.60 Å². The maximum Gasteiger partial charge on any atom is 0.226 e. The second kappa shape index (κ2) is 5.77. The van der Waals surface area contributed by atoms with Gasteiger partial charge in [0.2, 0.25) is 5.28 Å². The van der Waals surface area contributed by atoms with Crippen LogP contribution in [0.15, 0.2) is 6.20 Å². The highest BCUT2D eigenvalue weighted by Crippen LogP contribution is 2.34. The van der Waals surface area contributed by atoms with Crippen LogP contribution in [0, 0.1) is 5.92 Å². The largest absolute Gasteiger partial charge is 0.388 e. The predicted octanol–water partition coefficient (Wildman–Crippen LogP) is 2.75. The van der Waals surface area contributed by atoms with Crippen LogP contribution in [-0.4, -0.2) is 37.4 Å². The van der Waals surface area contributed by atoms with Crippen molar-refractivity contribution in [3.8, 4) is 0 Å². The third kappa shape index (κ3) is 3.11. The minimum absolute atomic E-state index is 0.163. The van der Waals surface area contributed by atoms with E-state index >= 15 is 0 Å². The zero-order valence-electron chi connectivity index (χ0n) is 12.1. The number of aliphatic hydroxyl groups is 1. The first-order valence-corrected chi connectivity index (χ1v) is 7.80.